The van der Waals surface area contributed by atoms with Crippen molar-refractivity contribution in [2.24, 2.45) is 0 Å². The fourth-order valence-electron chi connectivity index (χ4n) is 1.59. The van der Waals surface area contributed by atoms with Crippen molar-refractivity contribution < 1.29 is 9.90 Å². The lowest BCUT2D eigenvalue weighted by atomic mass is 10.0. The molecule has 2 nitrogen and oxygen atoms in total. The fourth-order valence-corrected chi connectivity index (χ4v) is 2.07. The van der Waals surface area contributed by atoms with Gasteiger partial charge < -0.3 is 5.11 Å². The van der Waals surface area contributed by atoms with Crippen LogP contribution in [0.5, 0.6) is 5.75 Å². The average molecular weight is 277 g/mol. The van der Waals surface area contributed by atoms with E-state index in [4.69, 9.17) is 0 Å². The van der Waals surface area contributed by atoms with Crippen LogP contribution < -0.4 is 0 Å². The lowest BCUT2D eigenvalue weighted by Gasteiger charge is -2.06. The average Bonchev–Trinajstić information content (AvgIpc) is 2.27. The molecule has 0 amide bonds. The Hall–Kier alpha value is -1.61. The SMILES string of the molecule is O=Cc1ccccc1-c1cc(O)cc(Br)c1. The van der Waals surface area contributed by atoms with E-state index in [0.717, 1.165) is 21.9 Å². The normalized spacial score (nSPS) is 10.1. The number of carbonyl (C=O) groups excluding carboxylic acids is 1. The van der Waals surface area contributed by atoms with Gasteiger partial charge in [-0.3, -0.25) is 4.79 Å². The highest BCUT2D eigenvalue weighted by Crippen LogP contribution is 2.29. The minimum Gasteiger partial charge on any atom is -0.508 e. The molecule has 2 rings (SSSR count). The summed E-state index contributed by atoms with van der Waals surface area (Å²) in [5, 5.41) is 9.50. The molecule has 1 N–H and O–H groups in total. The van der Waals surface area contributed by atoms with Gasteiger partial charge in [0.15, 0.2) is 6.29 Å². The van der Waals surface area contributed by atoms with Gasteiger partial charge in [0.05, 0.1) is 0 Å². The number of carbonyl (C=O) groups is 1. The number of aromatic hydroxyl groups is 1. The van der Waals surface area contributed by atoms with Crippen molar-refractivity contribution in [3.8, 4) is 16.9 Å². The van der Waals surface area contributed by atoms with Gasteiger partial charge in [-0.2, -0.15) is 0 Å². The van der Waals surface area contributed by atoms with Crippen LogP contribution in [-0.4, -0.2) is 11.4 Å². The predicted octanol–water partition coefficient (Wildman–Crippen LogP) is 3.63. The monoisotopic (exact) mass is 276 g/mol. The lowest BCUT2D eigenvalue weighted by molar-refractivity contribution is 0.112. The molecule has 0 heterocycles. The molecule has 0 fully saturated rings. The van der Waals surface area contributed by atoms with E-state index in [0.29, 0.717) is 5.56 Å². The van der Waals surface area contributed by atoms with Crippen LogP contribution >= 0.6 is 15.9 Å². The first kappa shape index (κ1) is 10.9. The first-order valence-corrected chi connectivity index (χ1v) is 5.54. The van der Waals surface area contributed by atoms with Crippen molar-refractivity contribution >= 4 is 22.2 Å². The Kier molecular flexibility index (Phi) is 3.06. The molecule has 0 aliphatic carbocycles. The summed E-state index contributed by atoms with van der Waals surface area (Å²) < 4.78 is 0.781. The molecule has 0 unspecified atom stereocenters. The molecule has 0 aromatic heterocycles. The molecule has 0 saturated carbocycles. The minimum atomic E-state index is 0.171. The Labute approximate surface area is 102 Å². The molecule has 0 saturated heterocycles. The van der Waals surface area contributed by atoms with Crippen LogP contribution in [0.15, 0.2) is 46.9 Å². The molecule has 3 heteroatoms. The Morgan fingerprint density at radius 1 is 1.12 bits per heavy atom. The van der Waals surface area contributed by atoms with E-state index in [2.05, 4.69) is 15.9 Å². The van der Waals surface area contributed by atoms with Gasteiger partial charge in [-0.15, -0.1) is 0 Å². The number of rotatable bonds is 2. The van der Waals surface area contributed by atoms with E-state index in [-0.39, 0.29) is 5.75 Å². The van der Waals surface area contributed by atoms with Gasteiger partial charge in [-0.1, -0.05) is 40.2 Å². The fraction of sp³-hybridized carbons (Fsp3) is 0. The summed E-state index contributed by atoms with van der Waals surface area (Å²) in [5.41, 5.74) is 2.24. The van der Waals surface area contributed by atoms with Gasteiger partial charge >= 0.3 is 0 Å². The summed E-state index contributed by atoms with van der Waals surface area (Å²) in [6.07, 6.45) is 0.813. The molecule has 0 spiro atoms. The second kappa shape index (κ2) is 4.49. The summed E-state index contributed by atoms with van der Waals surface area (Å²) in [5.74, 6) is 0.171. The predicted molar refractivity (Wildman–Crippen MR) is 66.6 cm³/mol. The van der Waals surface area contributed by atoms with Crippen molar-refractivity contribution in [1.29, 1.82) is 0 Å². The van der Waals surface area contributed by atoms with E-state index in [9.17, 15) is 9.90 Å². The molecule has 0 bridgehead atoms. The van der Waals surface area contributed by atoms with Gasteiger partial charge in [-0.25, -0.2) is 0 Å². The summed E-state index contributed by atoms with van der Waals surface area (Å²) in [6.45, 7) is 0. The number of hydrogen-bond acceptors (Lipinski definition) is 2. The highest BCUT2D eigenvalue weighted by atomic mass is 79.9. The molecule has 0 atom stereocenters. The minimum absolute atomic E-state index is 0.171. The van der Waals surface area contributed by atoms with Gasteiger partial charge in [-0.05, 0) is 29.3 Å². The second-order valence-corrected chi connectivity index (χ2v) is 4.32. The van der Waals surface area contributed by atoms with Crippen LogP contribution in [-0.2, 0) is 0 Å². The third kappa shape index (κ3) is 2.14. The largest absolute Gasteiger partial charge is 0.508 e. The first-order chi connectivity index (χ1) is 7.70. The molecular formula is C13H9BrO2. The standard InChI is InChI=1S/C13H9BrO2/c14-11-5-10(6-12(16)7-11)13-4-2-1-3-9(13)8-15/h1-8,16H. The van der Waals surface area contributed by atoms with Crippen LogP contribution in [0.3, 0.4) is 0 Å². The van der Waals surface area contributed by atoms with Crippen LogP contribution in [0.2, 0.25) is 0 Å². The van der Waals surface area contributed by atoms with Crippen LogP contribution in [0.25, 0.3) is 11.1 Å². The van der Waals surface area contributed by atoms with Crippen LogP contribution in [0.4, 0.5) is 0 Å². The highest BCUT2D eigenvalue weighted by Gasteiger charge is 2.05. The molecule has 2 aromatic carbocycles. The molecule has 16 heavy (non-hydrogen) atoms. The van der Waals surface area contributed by atoms with Gasteiger partial charge in [0, 0.05) is 10.0 Å². The molecule has 0 aliphatic rings. The first-order valence-electron chi connectivity index (χ1n) is 4.75. The topological polar surface area (TPSA) is 37.3 Å². The Morgan fingerprint density at radius 2 is 1.88 bits per heavy atom. The van der Waals surface area contributed by atoms with E-state index >= 15 is 0 Å². The number of hydrogen-bond donors (Lipinski definition) is 1. The quantitative estimate of drug-likeness (QED) is 0.851. The summed E-state index contributed by atoms with van der Waals surface area (Å²) in [4.78, 5) is 10.9. The maximum absolute atomic E-state index is 10.9. The summed E-state index contributed by atoms with van der Waals surface area (Å²) >= 11 is 3.31. The highest BCUT2D eigenvalue weighted by molar-refractivity contribution is 9.10. The molecular weight excluding hydrogens is 268 g/mol. The smallest absolute Gasteiger partial charge is 0.150 e. The second-order valence-electron chi connectivity index (χ2n) is 3.40. The Bertz CT molecular complexity index is 515. The summed E-state index contributed by atoms with van der Waals surface area (Å²) in [7, 11) is 0. The van der Waals surface area contributed by atoms with Crippen molar-refractivity contribution in [2.45, 2.75) is 0 Å². The van der Waals surface area contributed by atoms with Gasteiger partial charge in [0.1, 0.15) is 5.75 Å². The maximum Gasteiger partial charge on any atom is 0.150 e. The summed E-state index contributed by atoms with van der Waals surface area (Å²) in [6, 6.07) is 12.4. The zero-order chi connectivity index (χ0) is 11.5. The third-order valence-corrected chi connectivity index (χ3v) is 2.74. The van der Waals surface area contributed by atoms with Gasteiger partial charge in [0.2, 0.25) is 0 Å². The van der Waals surface area contributed by atoms with E-state index in [1.165, 1.54) is 0 Å². The van der Waals surface area contributed by atoms with E-state index < -0.39 is 0 Å². The Balaban J connectivity index is 2.62. The lowest BCUT2D eigenvalue weighted by Crippen LogP contribution is -1.86. The number of benzene rings is 2. The number of phenolic OH excluding ortho intramolecular Hbond substituents is 1. The van der Waals surface area contributed by atoms with Crippen LogP contribution in [0, 0.1) is 0 Å². The zero-order valence-electron chi connectivity index (χ0n) is 8.35. The third-order valence-electron chi connectivity index (χ3n) is 2.28. The number of halogens is 1. The van der Waals surface area contributed by atoms with Crippen LogP contribution in [0.1, 0.15) is 10.4 Å². The van der Waals surface area contributed by atoms with Crippen molar-refractivity contribution in [2.75, 3.05) is 0 Å². The number of aldehydes is 1. The van der Waals surface area contributed by atoms with Crippen molar-refractivity contribution in [3.63, 3.8) is 0 Å². The number of phenols is 1. The van der Waals surface area contributed by atoms with E-state index in [1.807, 2.05) is 24.3 Å². The van der Waals surface area contributed by atoms with E-state index in [1.54, 1.807) is 18.2 Å². The molecule has 0 radical (unpaired) electrons. The molecule has 80 valence electrons. The van der Waals surface area contributed by atoms with Gasteiger partial charge in [0.25, 0.3) is 0 Å². The maximum atomic E-state index is 10.9. The Morgan fingerprint density at radius 3 is 2.56 bits per heavy atom. The van der Waals surface area contributed by atoms with Crippen molar-refractivity contribution in [1.82, 2.24) is 0 Å². The zero-order valence-corrected chi connectivity index (χ0v) is 9.94. The molecule has 2 aromatic rings. The van der Waals surface area contributed by atoms with Crippen molar-refractivity contribution in [3.05, 3.63) is 52.5 Å². The molecule has 0 aliphatic heterocycles.